The van der Waals surface area contributed by atoms with Gasteiger partial charge >= 0.3 is 0 Å². The molecule has 1 N–H and O–H groups in total. The molecule has 0 heterocycles. The van der Waals surface area contributed by atoms with Gasteiger partial charge in [0.1, 0.15) is 5.75 Å². The van der Waals surface area contributed by atoms with Crippen LogP contribution in [0.2, 0.25) is 0 Å². The molecular formula is C24H33NO6. The van der Waals surface area contributed by atoms with Crippen LogP contribution >= 0.6 is 0 Å². The highest BCUT2D eigenvalue weighted by atomic mass is 16.5. The Morgan fingerprint density at radius 1 is 0.839 bits per heavy atom. The van der Waals surface area contributed by atoms with Gasteiger partial charge in [-0.3, -0.25) is 4.79 Å². The summed E-state index contributed by atoms with van der Waals surface area (Å²) in [5.41, 5.74) is 1.25. The van der Waals surface area contributed by atoms with Gasteiger partial charge in [-0.25, -0.2) is 0 Å². The minimum absolute atomic E-state index is 0.270. The number of amides is 1. The number of nitrogens with one attached hydrogen (secondary N) is 1. The molecule has 0 aliphatic heterocycles. The van der Waals surface area contributed by atoms with Crippen molar-refractivity contribution in [2.24, 2.45) is 0 Å². The average molecular weight is 432 g/mol. The van der Waals surface area contributed by atoms with Crippen molar-refractivity contribution in [2.75, 3.05) is 35.0 Å². The van der Waals surface area contributed by atoms with Crippen LogP contribution in [0, 0.1) is 0 Å². The van der Waals surface area contributed by atoms with Gasteiger partial charge in [-0.15, -0.1) is 0 Å². The van der Waals surface area contributed by atoms with Crippen LogP contribution in [0.3, 0.4) is 0 Å². The summed E-state index contributed by atoms with van der Waals surface area (Å²) >= 11 is 0. The molecule has 2 aromatic rings. The molecule has 170 valence electrons. The summed E-state index contributed by atoms with van der Waals surface area (Å²) < 4.78 is 27.3. The summed E-state index contributed by atoms with van der Waals surface area (Å²) in [4.78, 5) is 13.0. The number of methoxy groups -OCH3 is 4. The quantitative estimate of drug-likeness (QED) is 0.488. The molecule has 0 aliphatic carbocycles. The molecule has 0 radical (unpaired) electrons. The van der Waals surface area contributed by atoms with E-state index in [1.807, 2.05) is 25.1 Å². The largest absolute Gasteiger partial charge is 0.496 e. The van der Waals surface area contributed by atoms with E-state index in [4.69, 9.17) is 23.7 Å². The Balaban J connectivity index is 2.17. The minimum Gasteiger partial charge on any atom is -0.496 e. The molecule has 7 nitrogen and oxygen atoms in total. The molecule has 0 aromatic heterocycles. The number of unbranched alkanes of at least 4 members (excludes halogenated alkanes) is 2. The van der Waals surface area contributed by atoms with E-state index < -0.39 is 0 Å². The Labute approximate surface area is 184 Å². The normalized spacial score (nSPS) is 11.4. The summed E-state index contributed by atoms with van der Waals surface area (Å²) in [5.74, 6) is 2.39. The van der Waals surface area contributed by atoms with Crippen molar-refractivity contribution in [3.05, 3.63) is 41.5 Å². The van der Waals surface area contributed by atoms with Gasteiger partial charge in [-0.05, 0) is 31.0 Å². The number of carbonyl (C=O) groups is 1. The van der Waals surface area contributed by atoms with Crippen LogP contribution in [0.4, 0.5) is 0 Å². The number of rotatable bonds is 12. The predicted octanol–water partition coefficient (Wildman–Crippen LogP) is 4.78. The number of hydrogen-bond donors (Lipinski definition) is 1. The topological polar surface area (TPSA) is 75.3 Å². The van der Waals surface area contributed by atoms with Gasteiger partial charge in [-0.1, -0.05) is 25.8 Å². The van der Waals surface area contributed by atoms with Crippen molar-refractivity contribution < 1.29 is 28.5 Å². The lowest BCUT2D eigenvalue weighted by molar-refractivity contribution is 0.0936. The Kier molecular flexibility index (Phi) is 9.31. The molecule has 0 saturated heterocycles. The fraction of sp³-hybridized carbons (Fsp3) is 0.458. The van der Waals surface area contributed by atoms with Crippen LogP contribution in [0.15, 0.2) is 30.3 Å². The first-order chi connectivity index (χ1) is 15.0. The van der Waals surface area contributed by atoms with Crippen molar-refractivity contribution in [3.63, 3.8) is 0 Å². The lowest BCUT2D eigenvalue weighted by Gasteiger charge is -2.19. The molecule has 1 amide bonds. The van der Waals surface area contributed by atoms with Gasteiger partial charge in [0.05, 0.1) is 46.7 Å². The summed E-state index contributed by atoms with van der Waals surface area (Å²) in [7, 11) is 6.16. The molecule has 0 saturated carbocycles. The van der Waals surface area contributed by atoms with Crippen LogP contribution in [0.25, 0.3) is 0 Å². The van der Waals surface area contributed by atoms with Gasteiger partial charge in [0, 0.05) is 12.1 Å². The summed E-state index contributed by atoms with van der Waals surface area (Å²) in [6.45, 7) is 4.71. The van der Waals surface area contributed by atoms with E-state index in [9.17, 15) is 4.79 Å². The second-order valence-corrected chi connectivity index (χ2v) is 7.07. The SMILES string of the molecule is CCCCCOc1ccc(C(C)NC(=O)c2cc(OC)c(OC)cc2OC)cc1OC. The van der Waals surface area contributed by atoms with Crippen molar-refractivity contribution in [1.82, 2.24) is 5.32 Å². The van der Waals surface area contributed by atoms with E-state index in [2.05, 4.69) is 12.2 Å². The van der Waals surface area contributed by atoms with Crippen molar-refractivity contribution in [1.29, 1.82) is 0 Å². The molecule has 0 bridgehead atoms. The zero-order chi connectivity index (χ0) is 22.8. The third-order valence-corrected chi connectivity index (χ3v) is 4.99. The zero-order valence-electron chi connectivity index (χ0n) is 19.2. The highest BCUT2D eigenvalue weighted by molar-refractivity contribution is 5.98. The predicted molar refractivity (Wildman–Crippen MR) is 120 cm³/mol. The Morgan fingerprint density at radius 2 is 1.45 bits per heavy atom. The second-order valence-electron chi connectivity index (χ2n) is 7.07. The van der Waals surface area contributed by atoms with Gasteiger partial charge in [0.15, 0.2) is 23.0 Å². The van der Waals surface area contributed by atoms with Crippen LogP contribution < -0.4 is 29.0 Å². The average Bonchev–Trinajstić information content (AvgIpc) is 2.80. The summed E-state index contributed by atoms with van der Waals surface area (Å²) in [6.07, 6.45) is 3.27. The van der Waals surface area contributed by atoms with E-state index in [-0.39, 0.29) is 11.9 Å². The summed E-state index contributed by atoms with van der Waals surface area (Å²) in [5, 5.41) is 2.99. The van der Waals surface area contributed by atoms with Crippen LogP contribution in [0.1, 0.15) is 55.1 Å². The summed E-state index contributed by atoms with van der Waals surface area (Å²) in [6, 6.07) is 8.65. The Morgan fingerprint density at radius 3 is 2.06 bits per heavy atom. The molecule has 0 aliphatic rings. The number of benzene rings is 2. The highest BCUT2D eigenvalue weighted by Gasteiger charge is 2.20. The molecule has 7 heteroatoms. The first-order valence-electron chi connectivity index (χ1n) is 10.4. The van der Waals surface area contributed by atoms with Crippen LogP contribution in [-0.2, 0) is 0 Å². The van der Waals surface area contributed by atoms with E-state index in [1.165, 1.54) is 21.3 Å². The monoisotopic (exact) mass is 431 g/mol. The maximum absolute atomic E-state index is 13.0. The molecule has 1 atom stereocenters. The first-order valence-corrected chi connectivity index (χ1v) is 10.4. The van der Waals surface area contributed by atoms with E-state index in [0.717, 1.165) is 24.8 Å². The Hall–Kier alpha value is -3.09. The third kappa shape index (κ3) is 6.20. The van der Waals surface area contributed by atoms with Gasteiger partial charge in [0.25, 0.3) is 5.91 Å². The van der Waals surface area contributed by atoms with Crippen LogP contribution in [-0.4, -0.2) is 41.0 Å². The van der Waals surface area contributed by atoms with Gasteiger partial charge < -0.3 is 29.0 Å². The maximum atomic E-state index is 13.0. The lowest BCUT2D eigenvalue weighted by atomic mass is 10.1. The second kappa shape index (κ2) is 11.9. The molecule has 2 aromatic carbocycles. The maximum Gasteiger partial charge on any atom is 0.255 e. The number of ether oxygens (including phenoxy) is 5. The molecule has 0 spiro atoms. The fourth-order valence-electron chi connectivity index (χ4n) is 3.17. The van der Waals surface area contributed by atoms with Gasteiger partial charge in [-0.2, -0.15) is 0 Å². The lowest BCUT2D eigenvalue weighted by Crippen LogP contribution is -2.27. The molecule has 1 unspecified atom stereocenters. The highest BCUT2D eigenvalue weighted by Crippen LogP contribution is 2.35. The fourth-order valence-corrected chi connectivity index (χ4v) is 3.17. The molecular weight excluding hydrogens is 398 g/mol. The van der Waals surface area contributed by atoms with Gasteiger partial charge in [0.2, 0.25) is 0 Å². The van der Waals surface area contributed by atoms with E-state index >= 15 is 0 Å². The standard InChI is InChI=1S/C24H33NO6/c1-7-8-9-12-31-19-11-10-17(13-21(19)28-4)16(2)25-24(26)18-14-22(29-5)23(30-6)15-20(18)27-3/h10-11,13-16H,7-9,12H2,1-6H3,(H,25,26). The first kappa shape index (κ1) is 24.2. The molecule has 31 heavy (non-hydrogen) atoms. The van der Waals surface area contributed by atoms with Crippen molar-refractivity contribution in [2.45, 2.75) is 39.2 Å². The number of carbonyl (C=O) groups excluding carboxylic acids is 1. The Bertz CT molecular complexity index is 867. The number of hydrogen-bond acceptors (Lipinski definition) is 6. The minimum atomic E-state index is -0.288. The molecule has 2 rings (SSSR count). The van der Waals surface area contributed by atoms with Crippen LogP contribution in [0.5, 0.6) is 28.7 Å². The zero-order valence-corrected chi connectivity index (χ0v) is 19.2. The smallest absolute Gasteiger partial charge is 0.255 e. The van der Waals surface area contributed by atoms with E-state index in [1.54, 1.807) is 19.2 Å². The van der Waals surface area contributed by atoms with Crippen molar-refractivity contribution >= 4 is 5.91 Å². The molecule has 0 fully saturated rings. The third-order valence-electron chi connectivity index (χ3n) is 4.99. The van der Waals surface area contributed by atoms with Crippen molar-refractivity contribution in [3.8, 4) is 28.7 Å². The van der Waals surface area contributed by atoms with E-state index in [0.29, 0.717) is 40.9 Å².